The summed E-state index contributed by atoms with van der Waals surface area (Å²) in [5, 5.41) is 9.99. The first-order valence-electron chi connectivity index (χ1n) is 14.9. The molecular formula is C36H43ClN2O4. The molecule has 1 aromatic rings. The van der Waals surface area contributed by atoms with E-state index in [0.29, 0.717) is 43.2 Å². The second-order valence-electron chi connectivity index (χ2n) is 11.4. The normalized spacial score (nSPS) is 19.2. The Morgan fingerprint density at radius 2 is 1.98 bits per heavy atom. The van der Waals surface area contributed by atoms with E-state index in [-0.39, 0.29) is 23.7 Å². The van der Waals surface area contributed by atoms with Crippen LogP contribution in [0.3, 0.4) is 0 Å². The molecule has 0 spiro atoms. The van der Waals surface area contributed by atoms with E-state index in [1.165, 1.54) is 0 Å². The quantitative estimate of drug-likeness (QED) is 0.0595. The Morgan fingerprint density at radius 1 is 1.23 bits per heavy atom. The number of nitriles is 1. The molecule has 0 amide bonds. The van der Waals surface area contributed by atoms with Crippen molar-refractivity contribution in [1.29, 1.82) is 5.26 Å². The fourth-order valence-electron chi connectivity index (χ4n) is 5.30. The average Bonchev–Trinajstić information content (AvgIpc) is 3.81. The molecule has 6 nitrogen and oxygen atoms in total. The van der Waals surface area contributed by atoms with Gasteiger partial charge in [0.15, 0.2) is 5.72 Å². The summed E-state index contributed by atoms with van der Waals surface area (Å²) in [6.07, 6.45) is 19.8. The summed E-state index contributed by atoms with van der Waals surface area (Å²) >= 11 is 6.35. The maximum absolute atomic E-state index is 12.3. The highest BCUT2D eigenvalue weighted by atomic mass is 35.5. The van der Waals surface area contributed by atoms with Crippen LogP contribution >= 0.6 is 11.6 Å². The molecule has 0 aromatic heterocycles. The van der Waals surface area contributed by atoms with E-state index in [1.54, 1.807) is 12.2 Å². The number of likely N-dealkylation sites (N-methyl/N-ethyl adjacent to an activating group) is 1. The summed E-state index contributed by atoms with van der Waals surface area (Å²) in [7, 11) is 2.00. The minimum Gasteiger partial charge on any atom is -0.465 e. The van der Waals surface area contributed by atoms with E-state index < -0.39 is 5.72 Å². The van der Waals surface area contributed by atoms with E-state index in [2.05, 4.69) is 23.6 Å². The summed E-state index contributed by atoms with van der Waals surface area (Å²) in [6, 6.07) is 9.77. The van der Waals surface area contributed by atoms with Gasteiger partial charge in [-0.25, -0.2) is 0 Å². The highest BCUT2D eigenvalue weighted by Crippen LogP contribution is 2.50. The largest absolute Gasteiger partial charge is 0.465 e. The molecule has 7 heteroatoms. The predicted molar refractivity (Wildman–Crippen MR) is 172 cm³/mol. The van der Waals surface area contributed by atoms with Crippen LogP contribution < -0.4 is 0 Å². The first-order valence-corrected chi connectivity index (χ1v) is 15.3. The van der Waals surface area contributed by atoms with Crippen molar-refractivity contribution in [2.24, 2.45) is 11.3 Å². The zero-order chi connectivity index (χ0) is 31.3. The molecular weight excluding hydrogens is 560 g/mol. The molecule has 0 saturated heterocycles. The van der Waals surface area contributed by atoms with Gasteiger partial charge in [0.25, 0.3) is 0 Å². The van der Waals surface area contributed by atoms with Gasteiger partial charge in [-0.1, -0.05) is 79.3 Å². The number of ether oxygens (including phenoxy) is 2. The van der Waals surface area contributed by atoms with Crippen molar-refractivity contribution in [3.63, 3.8) is 0 Å². The maximum atomic E-state index is 12.3. The van der Waals surface area contributed by atoms with Gasteiger partial charge < -0.3 is 14.3 Å². The molecule has 3 rings (SSSR count). The van der Waals surface area contributed by atoms with Gasteiger partial charge in [0, 0.05) is 41.3 Å². The summed E-state index contributed by atoms with van der Waals surface area (Å²) in [6.45, 7) is 8.95. The fraction of sp³-hybridized carbons (Fsp3) is 0.417. The minimum absolute atomic E-state index is 0.0225. The fourth-order valence-corrected chi connectivity index (χ4v) is 5.42. The molecule has 0 bridgehead atoms. The second kappa shape index (κ2) is 16.4. The SMILES string of the molecule is C=C/C=C\C/C(C)=C(\CC=O)C(OCC1(COC(=O)CCC)CC1)(c1ccc(Cl)cc1)N(C)CC1C=CC=C(C#N)C=C1. The molecule has 2 atom stereocenters. The second-order valence-corrected chi connectivity index (χ2v) is 11.8. The van der Waals surface area contributed by atoms with Crippen molar-refractivity contribution in [3.05, 3.63) is 107 Å². The van der Waals surface area contributed by atoms with Crippen LogP contribution in [0.1, 0.15) is 57.9 Å². The van der Waals surface area contributed by atoms with Crippen molar-refractivity contribution >= 4 is 23.9 Å². The molecule has 0 radical (unpaired) electrons. The van der Waals surface area contributed by atoms with Crippen molar-refractivity contribution in [1.82, 2.24) is 4.90 Å². The Hall–Kier alpha value is -3.50. The average molecular weight is 603 g/mol. The topological polar surface area (TPSA) is 79.6 Å². The Kier molecular flexibility index (Phi) is 12.9. The third-order valence-corrected chi connectivity index (χ3v) is 8.24. The number of allylic oxidation sites excluding steroid dienone is 8. The van der Waals surface area contributed by atoms with Gasteiger partial charge in [-0.2, -0.15) is 5.26 Å². The standard InChI is InChI=1S/C36H43ClN2O4/c1-5-7-8-11-28(3)33(20-23-40)36(31-16-18-32(37)19-17-31,39(4)25-30-13-9-12-29(24-38)14-15-30)43-27-35(21-22-35)26-42-34(41)10-6-2/h5,7-9,12-19,23,30H,1,6,10-11,20-22,25-27H2,2-4H3/b8-7-,33-28+. The lowest BCUT2D eigenvalue weighted by Crippen LogP contribution is -2.51. The van der Waals surface area contributed by atoms with E-state index in [4.69, 9.17) is 21.1 Å². The maximum Gasteiger partial charge on any atom is 0.305 e. The number of rotatable bonds is 17. The predicted octanol–water partition coefficient (Wildman–Crippen LogP) is 7.79. The molecule has 43 heavy (non-hydrogen) atoms. The van der Waals surface area contributed by atoms with Crippen molar-refractivity contribution < 1.29 is 19.1 Å². The third-order valence-electron chi connectivity index (χ3n) is 7.99. The van der Waals surface area contributed by atoms with Crippen molar-refractivity contribution in [2.75, 3.05) is 26.8 Å². The van der Waals surface area contributed by atoms with E-state index in [9.17, 15) is 14.9 Å². The van der Waals surface area contributed by atoms with Crippen molar-refractivity contribution in [2.45, 2.75) is 58.1 Å². The van der Waals surface area contributed by atoms with Crippen LogP contribution in [0.5, 0.6) is 0 Å². The number of nitrogens with zero attached hydrogens (tertiary/aromatic N) is 2. The van der Waals surface area contributed by atoms with Gasteiger partial charge in [0.2, 0.25) is 0 Å². The van der Waals surface area contributed by atoms with E-state index in [1.807, 2.05) is 75.5 Å². The van der Waals surface area contributed by atoms with Gasteiger partial charge >= 0.3 is 5.97 Å². The third kappa shape index (κ3) is 9.24. The number of carbonyl (C=O) groups is 2. The molecule has 2 aliphatic rings. The van der Waals surface area contributed by atoms with Gasteiger partial charge in [-0.05, 0) is 69.5 Å². The van der Waals surface area contributed by atoms with Crippen molar-refractivity contribution in [3.8, 4) is 6.07 Å². The number of halogens is 1. The number of carbonyl (C=O) groups excluding carboxylic acids is 2. The Balaban J connectivity index is 2.12. The van der Waals surface area contributed by atoms with Crippen LogP contribution in [0.4, 0.5) is 0 Å². The van der Waals surface area contributed by atoms with Crippen LogP contribution in [0.2, 0.25) is 5.02 Å². The monoisotopic (exact) mass is 602 g/mol. The summed E-state index contributed by atoms with van der Waals surface area (Å²) in [5.74, 6) is -0.218. The zero-order valence-corrected chi connectivity index (χ0v) is 26.3. The van der Waals surface area contributed by atoms with Gasteiger partial charge in [-0.3, -0.25) is 9.69 Å². The lowest BCUT2D eigenvalue weighted by Gasteiger charge is -2.46. The summed E-state index contributed by atoms with van der Waals surface area (Å²) in [4.78, 5) is 26.6. The molecule has 2 aliphatic carbocycles. The van der Waals surface area contributed by atoms with Crippen LogP contribution in [-0.2, 0) is 24.8 Å². The number of benzene rings is 1. The molecule has 0 heterocycles. The van der Waals surface area contributed by atoms with Crippen LogP contribution in [0, 0.1) is 22.7 Å². The first kappa shape index (κ1) is 34.0. The lowest BCUT2D eigenvalue weighted by molar-refractivity contribution is -0.158. The molecule has 228 valence electrons. The lowest BCUT2D eigenvalue weighted by atomic mass is 9.85. The van der Waals surface area contributed by atoms with Gasteiger partial charge in [-0.15, -0.1) is 0 Å². The Labute approximate surface area is 261 Å². The van der Waals surface area contributed by atoms with E-state index in [0.717, 1.165) is 42.3 Å². The number of hydrogen-bond acceptors (Lipinski definition) is 6. The Bertz CT molecular complexity index is 1330. The zero-order valence-electron chi connectivity index (χ0n) is 25.6. The molecule has 1 saturated carbocycles. The summed E-state index contributed by atoms with van der Waals surface area (Å²) < 4.78 is 12.8. The molecule has 1 aromatic carbocycles. The van der Waals surface area contributed by atoms with E-state index >= 15 is 0 Å². The minimum atomic E-state index is -1.12. The van der Waals surface area contributed by atoms with Gasteiger partial charge in [0.05, 0.1) is 24.9 Å². The number of esters is 1. The first-order chi connectivity index (χ1) is 20.7. The summed E-state index contributed by atoms with van der Waals surface area (Å²) in [5.41, 5.74) is 1.88. The number of aldehydes is 1. The van der Waals surface area contributed by atoms with Crippen LogP contribution in [0.25, 0.3) is 0 Å². The van der Waals surface area contributed by atoms with Crippen LogP contribution in [0.15, 0.2) is 96.2 Å². The molecule has 0 aliphatic heterocycles. The smallest absolute Gasteiger partial charge is 0.305 e. The highest BCUT2D eigenvalue weighted by Gasteiger charge is 2.49. The molecule has 0 N–H and O–H groups in total. The van der Waals surface area contributed by atoms with Crippen LogP contribution in [-0.4, -0.2) is 44.0 Å². The highest BCUT2D eigenvalue weighted by molar-refractivity contribution is 6.30. The Morgan fingerprint density at radius 3 is 2.60 bits per heavy atom. The number of hydrogen-bond donors (Lipinski definition) is 0. The molecule has 2 unspecified atom stereocenters. The molecule has 1 fully saturated rings. The van der Waals surface area contributed by atoms with Gasteiger partial charge in [0.1, 0.15) is 6.29 Å².